The number of hydrogen-bond acceptors (Lipinski definition) is 6. The van der Waals surface area contributed by atoms with Crippen LogP contribution >= 0.6 is 11.3 Å². The molecule has 0 fully saturated rings. The van der Waals surface area contributed by atoms with Crippen LogP contribution < -0.4 is 4.74 Å². The number of nitrogens with zero attached hydrogens (tertiary/aromatic N) is 3. The third-order valence-corrected chi connectivity index (χ3v) is 5.25. The molecule has 1 aliphatic rings. The van der Waals surface area contributed by atoms with Crippen LogP contribution in [0.25, 0.3) is 10.2 Å². The molecule has 0 saturated heterocycles. The molecule has 0 bridgehead atoms. The van der Waals surface area contributed by atoms with Crippen molar-refractivity contribution in [2.75, 3.05) is 0 Å². The zero-order valence-electron chi connectivity index (χ0n) is 12.4. The molecule has 0 N–H and O–H groups in total. The van der Waals surface area contributed by atoms with E-state index in [2.05, 4.69) is 9.97 Å². The number of fused-ring (bicyclic) bond motifs is 3. The van der Waals surface area contributed by atoms with Crippen LogP contribution in [0.1, 0.15) is 22.4 Å². The number of nitro benzene ring substituents is 1. The Morgan fingerprint density at radius 1 is 1.30 bits per heavy atom. The van der Waals surface area contributed by atoms with Crippen molar-refractivity contribution in [3.05, 3.63) is 50.6 Å². The zero-order valence-corrected chi connectivity index (χ0v) is 13.2. The number of aromatic nitrogens is 2. The lowest BCUT2D eigenvalue weighted by Crippen LogP contribution is -1.94. The highest BCUT2D eigenvalue weighted by Gasteiger charge is 2.22. The fraction of sp³-hybridized carbons (Fsp3) is 0.250. The summed E-state index contributed by atoms with van der Waals surface area (Å²) in [5, 5.41) is 11.9. The van der Waals surface area contributed by atoms with E-state index < -0.39 is 4.92 Å². The van der Waals surface area contributed by atoms with E-state index in [-0.39, 0.29) is 5.69 Å². The fourth-order valence-electron chi connectivity index (χ4n) is 2.98. The minimum absolute atomic E-state index is 0.0848. The monoisotopic (exact) mass is 327 g/mol. The molecule has 4 rings (SSSR count). The molecule has 1 aromatic carbocycles. The molecule has 7 heteroatoms. The van der Waals surface area contributed by atoms with Crippen molar-refractivity contribution in [3.8, 4) is 11.6 Å². The van der Waals surface area contributed by atoms with Crippen LogP contribution in [0.4, 0.5) is 5.69 Å². The smallest absolute Gasteiger partial charge is 0.272 e. The Hall–Kier alpha value is -2.54. The minimum atomic E-state index is -0.395. The maximum atomic E-state index is 10.9. The van der Waals surface area contributed by atoms with Crippen molar-refractivity contribution in [1.29, 1.82) is 0 Å². The minimum Gasteiger partial charge on any atom is -0.438 e. The van der Waals surface area contributed by atoms with Gasteiger partial charge >= 0.3 is 0 Å². The molecule has 116 valence electrons. The van der Waals surface area contributed by atoms with E-state index in [9.17, 15) is 10.1 Å². The summed E-state index contributed by atoms with van der Waals surface area (Å²) in [6.07, 6.45) is 4.77. The summed E-state index contributed by atoms with van der Waals surface area (Å²) < 4.78 is 5.92. The first-order valence-corrected chi connectivity index (χ1v) is 8.13. The highest BCUT2D eigenvalue weighted by Crippen LogP contribution is 2.41. The van der Waals surface area contributed by atoms with Gasteiger partial charge in [0.05, 0.1) is 10.3 Å². The van der Waals surface area contributed by atoms with Gasteiger partial charge in [-0.05, 0) is 43.9 Å². The summed E-state index contributed by atoms with van der Waals surface area (Å²) in [4.78, 5) is 21.4. The number of hydrogen-bond donors (Lipinski definition) is 0. The molecule has 1 aliphatic carbocycles. The van der Waals surface area contributed by atoms with Crippen molar-refractivity contribution in [2.24, 2.45) is 0 Å². The van der Waals surface area contributed by atoms with E-state index in [0.717, 1.165) is 29.5 Å². The molecule has 0 atom stereocenters. The molecule has 2 aromatic heterocycles. The predicted molar refractivity (Wildman–Crippen MR) is 87.3 cm³/mol. The summed E-state index contributed by atoms with van der Waals surface area (Å²) in [5.74, 6) is 1.08. The van der Waals surface area contributed by atoms with Gasteiger partial charge in [0.1, 0.15) is 16.9 Å². The van der Waals surface area contributed by atoms with Gasteiger partial charge in [0.15, 0.2) is 0 Å². The zero-order chi connectivity index (χ0) is 16.0. The summed E-state index contributed by atoms with van der Waals surface area (Å²) in [7, 11) is 0. The molecule has 0 saturated carbocycles. The average molecular weight is 327 g/mol. The van der Waals surface area contributed by atoms with Crippen LogP contribution in [-0.4, -0.2) is 14.9 Å². The summed E-state index contributed by atoms with van der Waals surface area (Å²) in [5.41, 5.74) is 1.94. The Morgan fingerprint density at radius 2 is 2.17 bits per heavy atom. The van der Waals surface area contributed by atoms with Crippen LogP contribution in [0.15, 0.2) is 24.5 Å². The summed E-state index contributed by atoms with van der Waals surface area (Å²) >= 11 is 1.70. The van der Waals surface area contributed by atoms with E-state index in [1.54, 1.807) is 30.4 Å². The van der Waals surface area contributed by atoms with Crippen molar-refractivity contribution in [1.82, 2.24) is 9.97 Å². The SMILES string of the molecule is Cc1cc(Oc2ncnc3sc4c(c23)CCC4)ccc1[N+](=O)[O-]. The Morgan fingerprint density at radius 3 is 2.96 bits per heavy atom. The molecule has 0 amide bonds. The highest BCUT2D eigenvalue weighted by molar-refractivity contribution is 7.18. The molecule has 0 aliphatic heterocycles. The van der Waals surface area contributed by atoms with Crippen molar-refractivity contribution < 1.29 is 9.66 Å². The van der Waals surface area contributed by atoms with E-state index >= 15 is 0 Å². The predicted octanol–water partition coefficient (Wildman–Crippen LogP) is 4.19. The van der Waals surface area contributed by atoms with Crippen LogP contribution in [0.2, 0.25) is 0 Å². The number of rotatable bonds is 3. The van der Waals surface area contributed by atoms with E-state index in [4.69, 9.17) is 4.74 Å². The third-order valence-electron chi connectivity index (χ3n) is 4.05. The Bertz CT molecular complexity index is 936. The second-order valence-corrected chi connectivity index (χ2v) is 6.61. The van der Waals surface area contributed by atoms with Gasteiger partial charge in [-0.25, -0.2) is 9.97 Å². The highest BCUT2D eigenvalue weighted by atomic mass is 32.1. The van der Waals surface area contributed by atoms with Gasteiger partial charge in [0, 0.05) is 16.5 Å². The average Bonchev–Trinajstić information content (AvgIpc) is 3.07. The molecular weight excluding hydrogens is 314 g/mol. The maximum Gasteiger partial charge on any atom is 0.272 e. The first-order valence-electron chi connectivity index (χ1n) is 7.31. The first-order chi connectivity index (χ1) is 11.1. The molecule has 3 aromatic rings. The van der Waals surface area contributed by atoms with E-state index in [1.807, 2.05) is 0 Å². The molecule has 0 unspecified atom stereocenters. The van der Waals surface area contributed by atoms with Gasteiger partial charge in [0.25, 0.3) is 5.69 Å². The Kier molecular flexibility index (Phi) is 3.23. The quantitative estimate of drug-likeness (QED) is 0.532. The summed E-state index contributed by atoms with van der Waals surface area (Å²) in [6.45, 7) is 1.70. The molecule has 2 heterocycles. The van der Waals surface area contributed by atoms with Gasteiger partial charge in [-0.1, -0.05) is 0 Å². The van der Waals surface area contributed by atoms with E-state index in [1.165, 1.54) is 22.8 Å². The number of benzene rings is 1. The molecular formula is C16H13N3O3S. The lowest BCUT2D eigenvalue weighted by Gasteiger charge is -2.07. The second-order valence-electron chi connectivity index (χ2n) is 5.52. The Balaban J connectivity index is 1.76. The topological polar surface area (TPSA) is 78.2 Å². The molecule has 6 nitrogen and oxygen atoms in total. The maximum absolute atomic E-state index is 10.9. The van der Waals surface area contributed by atoms with Crippen LogP contribution in [0.5, 0.6) is 11.6 Å². The lowest BCUT2D eigenvalue weighted by atomic mass is 10.2. The van der Waals surface area contributed by atoms with Crippen LogP contribution in [-0.2, 0) is 12.8 Å². The van der Waals surface area contributed by atoms with Crippen molar-refractivity contribution in [2.45, 2.75) is 26.2 Å². The Labute approximate surface area is 135 Å². The number of aryl methyl sites for hydroxylation is 3. The van der Waals surface area contributed by atoms with Gasteiger partial charge in [0.2, 0.25) is 5.88 Å². The number of ether oxygens (including phenoxy) is 1. The van der Waals surface area contributed by atoms with Crippen LogP contribution in [0.3, 0.4) is 0 Å². The number of thiophene rings is 1. The van der Waals surface area contributed by atoms with Gasteiger partial charge in [-0.15, -0.1) is 11.3 Å². The second kappa shape index (κ2) is 5.27. The van der Waals surface area contributed by atoms with E-state index in [0.29, 0.717) is 17.2 Å². The fourth-order valence-corrected chi connectivity index (χ4v) is 4.20. The lowest BCUT2D eigenvalue weighted by molar-refractivity contribution is -0.385. The van der Waals surface area contributed by atoms with Gasteiger partial charge < -0.3 is 4.74 Å². The molecule has 0 radical (unpaired) electrons. The normalized spacial score (nSPS) is 13.3. The number of nitro groups is 1. The third kappa shape index (κ3) is 2.33. The largest absolute Gasteiger partial charge is 0.438 e. The molecule has 23 heavy (non-hydrogen) atoms. The first kappa shape index (κ1) is 14.1. The van der Waals surface area contributed by atoms with Gasteiger partial charge in [-0.3, -0.25) is 10.1 Å². The van der Waals surface area contributed by atoms with Gasteiger partial charge in [-0.2, -0.15) is 0 Å². The standard InChI is InChI=1S/C16H13N3O3S/c1-9-7-10(5-6-12(9)19(20)21)22-15-14-11-3-2-4-13(11)23-16(14)18-8-17-15/h5-8H,2-4H2,1H3. The van der Waals surface area contributed by atoms with Crippen molar-refractivity contribution in [3.63, 3.8) is 0 Å². The summed E-state index contributed by atoms with van der Waals surface area (Å²) in [6, 6.07) is 4.73. The van der Waals surface area contributed by atoms with Crippen molar-refractivity contribution >= 4 is 27.2 Å². The molecule has 0 spiro atoms. The van der Waals surface area contributed by atoms with Crippen LogP contribution in [0, 0.1) is 17.0 Å².